The van der Waals surface area contributed by atoms with E-state index in [-0.39, 0.29) is 17.5 Å². The summed E-state index contributed by atoms with van der Waals surface area (Å²) < 4.78 is 8.03. The van der Waals surface area contributed by atoms with E-state index in [0.29, 0.717) is 30.5 Å². The Morgan fingerprint density at radius 1 is 0.875 bits per heavy atom. The van der Waals surface area contributed by atoms with Crippen molar-refractivity contribution in [3.05, 3.63) is 132 Å². The minimum atomic E-state index is -0.364. The van der Waals surface area contributed by atoms with Crippen LogP contribution in [-0.4, -0.2) is 32.4 Å². The van der Waals surface area contributed by atoms with E-state index < -0.39 is 0 Å². The largest absolute Gasteiger partial charge is 0.493 e. The summed E-state index contributed by atoms with van der Waals surface area (Å²) in [6.45, 7) is 10.9. The number of rotatable bonds is 10. The average molecular weight is 640 g/mol. The van der Waals surface area contributed by atoms with Gasteiger partial charge in [0.15, 0.2) is 0 Å². The van der Waals surface area contributed by atoms with E-state index in [1.165, 1.54) is 5.56 Å². The Balaban J connectivity index is 1.13. The van der Waals surface area contributed by atoms with Gasteiger partial charge in [-0.3, -0.25) is 5.32 Å². The number of aryl methyl sites for hydroxylation is 1. The molecule has 48 heavy (non-hydrogen) atoms. The molecule has 0 saturated heterocycles. The van der Waals surface area contributed by atoms with E-state index in [2.05, 4.69) is 60.8 Å². The van der Waals surface area contributed by atoms with Gasteiger partial charge in [-0.05, 0) is 49.7 Å². The monoisotopic (exact) mass is 639 g/mol. The number of ether oxygens (including phenoxy) is 1. The van der Waals surface area contributed by atoms with Gasteiger partial charge in [-0.15, -0.1) is 0 Å². The zero-order chi connectivity index (χ0) is 33.7. The number of hydrogen-bond donors (Lipinski definition) is 3. The highest BCUT2D eigenvalue weighted by molar-refractivity contribution is 6.07. The van der Waals surface area contributed by atoms with Gasteiger partial charge >= 0.3 is 6.03 Å². The quantitative estimate of drug-likeness (QED) is 0.138. The minimum Gasteiger partial charge on any atom is -0.493 e. The van der Waals surface area contributed by atoms with E-state index in [1.807, 2.05) is 97.9 Å². The van der Waals surface area contributed by atoms with Gasteiger partial charge in [0.2, 0.25) is 5.95 Å². The highest BCUT2D eigenvalue weighted by atomic mass is 16.5. The number of anilines is 3. The number of aromatic nitrogens is 4. The van der Waals surface area contributed by atoms with E-state index in [1.54, 1.807) is 10.9 Å². The van der Waals surface area contributed by atoms with Gasteiger partial charge in [0.05, 0.1) is 29.7 Å². The van der Waals surface area contributed by atoms with Crippen LogP contribution < -0.4 is 20.7 Å². The summed E-state index contributed by atoms with van der Waals surface area (Å²) in [7, 11) is 0. The molecule has 0 fully saturated rings. The highest BCUT2D eigenvalue weighted by Gasteiger charge is 2.22. The molecule has 9 nitrogen and oxygen atoms in total. The second-order valence-corrected chi connectivity index (χ2v) is 12.9. The number of fused-ring (bicyclic) bond motifs is 1. The molecule has 0 aliphatic heterocycles. The second-order valence-electron chi connectivity index (χ2n) is 12.9. The Morgan fingerprint density at radius 2 is 1.60 bits per heavy atom. The smallest absolute Gasteiger partial charge is 0.324 e. The fourth-order valence-electron chi connectivity index (χ4n) is 5.38. The number of amides is 2. The van der Waals surface area contributed by atoms with Gasteiger partial charge in [0.1, 0.15) is 11.6 Å². The molecule has 1 atom stereocenters. The first kappa shape index (κ1) is 32.2. The Hall–Kier alpha value is -5.70. The van der Waals surface area contributed by atoms with Gasteiger partial charge in [-0.1, -0.05) is 93.1 Å². The maximum absolute atomic E-state index is 13.4. The Morgan fingerprint density at radius 3 is 2.35 bits per heavy atom. The zero-order valence-electron chi connectivity index (χ0n) is 28.0. The standard InChI is InChI=1S/C39H41N7O2/c1-26-15-17-30(18-16-26)46-36(25-35(45-46)39(3,4)5)44-38(47)43-33-19-20-34(32-14-10-9-13-31(32)33)48-24-22-29-21-23-40-37(42-29)41-27(2)28-11-7-6-8-12-28/h6-21,23,25,27H,22,24H2,1-5H3,(H,40,41,42)(H2,43,44,47). The molecule has 2 amide bonds. The summed E-state index contributed by atoms with van der Waals surface area (Å²) >= 11 is 0. The van der Waals surface area contributed by atoms with Crippen molar-refractivity contribution in [2.45, 2.75) is 52.5 Å². The van der Waals surface area contributed by atoms with Crippen LogP contribution in [0.25, 0.3) is 16.5 Å². The topological polar surface area (TPSA) is 106 Å². The molecule has 6 rings (SSSR count). The predicted octanol–water partition coefficient (Wildman–Crippen LogP) is 8.86. The van der Waals surface area contributed by atoms with Crippen molar-refractivity contribution < 1.29 is 9.53 Å². The van der Waals surface area contributed by atoms with Gasteiger partial charge in [0.25, 0.3) is 0 Å². The molecule has 2 heterocycles. The summed E-state index contributed by atoms with van der Waals surface area (Å²) in [5.74, 6) is 1.90. The Labute approximate surface area is 281 Å². The van der Waals surface area contributed by atoms with Gasteiger partial charge in [-0.25, -0.2) is 19.4 Å². The molecule has 0 bridgehead atoms. The van der Waals surface area contributed by atoms with Gasteiger partial charge in [0, 0.05) is 40.6 Å². The van der Waals surface area contributed by atoms with E-state index in [9.17, 15) is 4.79 Å². The molecule has 244 valence electrons. The zero-order valence-corrected chi connectivity index (χ0v) is 28.0. The summed E-state index contributed by atoms with van der Waals surface area (Å²) in [5.41, 5.74) is 5.43. The fourth-order valence-corrected chi connectivity index (χ4v) is 5.38. The molecule has 0 spiro atoms. The molecule has 2 aromatic heterocycles. The first-order valence-corrected chi connectivity index (χ1v) is 16.2. The van der Waals surface area contributed by atoms with Crippen molar-refractivity contribution in [3.8, 4) is 11.4 Å². The van der Waals surface area contributed by atoms with E-state index in [0.717, 1.165) is 39.2 Å². The van der Waals surface area contributed by atoms with Crippen molar-refractivity contribution in [3.63, 3.8) is 0 Å². The third-order valence-electron chi connectivity index (χ3n) is 8.10. The summed E-state index contributed by atoms with van der Waals surface area (Å²) in [6.07, 6.45) is 2.37. The summed E-state index contributed by atoms with van der Waals surface area (Å²) in [6, 6.07) is 33.4. The maximum Gasteiger partial charge on any atom is 0.324 e. The van der Waals surface area contributed by atoms with Crippen molar-refractivity contribution in [1.29, 1.82) is 0 Å². The lowest BCUT2D eigenvalue weighted by Gasteiger charge is -2.15. The van der Waals surface area contributed by atoms with Crippen molar-refractivity contribution in [1.82, 2.24) is 19.7 Å². The molecule has 3 N–H and O–H groups in total. The van der Waals surface area contributed by atoms with Crippen LogP contribution in [0.15, 0.2) is 109 Å². The van der Waals surface area contributed by atoms with Crippen LogP contribution in [0.4, 0.5) is 22.2 Å². The fraction of sp³-hybridized carbons (Fsp3) is 0.231. The molecule has 0 aliphatic carbocycles. The van der Waals surface area contributed by atoms with Crippen molar-refractivity contribution >= 4 is 34.3 Å². The van der Waals surface area contributed by atoms with Gasteiger partial charge < -0.3 is 15.4 Å². The molecular weight excluding hydrogens is 598 g/mol. The van der Waals surface area contributed by atoms with Crippen LogP contribution in [-0.2, 0) is 11.8 Å². The molecule has 4 aromatic carbocycles. The van der Waals surface area contributed by atoms with E-state index >= 15 is 0 Å². The molecular formula is C39H41N7O2. The van der Waals surface area contributed by atoms with Crippen LogP contribution >= 0.6 is 0 Å². The van der Waals surface area contributed by atoms with Gasteiger partial charge in [-0.2, -0.15) is 5.10 Å². The molecule has 6 aromatic rings. The van der Waals surface area contributed by atoms with Crippen LogP contribution in [0.3, 0.4) is 0 Å². The van der Waals surface area contributed by atoms with Crippen molar-refractivity contribution in [2.75, 3.05) is 22.6 Å². The summed E-state index contributed by atoms with van der Waals surface area (Å²) in [5, 5.41) is 16.0. The van der Waals surface area contributed by atoms with Crippen molar-refractivity contribution in [2.24, 2.45) is 0 Å². The molecule has 9 heteroatoms. The lowest BCUT2D eigenvalue weighted by Crippen LogP contribution is -2.21. The number of carbonyl (C=O) groups is 1. The Bertz CT molecular complexity index is 2020. The van der Waals surface area contributed by atoms with Crippen LogP contribution in [0, 0.1) is 6.92 Å². The second kappa shape index (κ2) is 14.0. The SMILES string of the molecule is Cc1ccc(-n2nc(C(C)(C)C)cc2NC(=O)Nc2ccc(OCCc3ccnc(NC(C)c4ccccc4)n3)c3ccccc23)cc1. The van der Waals surface area contributed by atoms with E-state index in [4.69, 9.17) is 14.8 Å². The first-order valence-electron chi connectivity index (χ1n) is 16.2. The number of nitrogens with one attached hydrogen (secondary N) is 3. The lowest BCUT2D eigenvalue weighted by atomic mass is 9.92. The number of urea groups is 1. The number of benzene rings is 4. The Kier molecular flexibility index (Phi) is 9.38. The number of hydrogen-bond acceptors (Lipinski definition) is 6. The number of carbonyl (C=O) groups excluding carboxylic acids is 1. The maximum atomic E-state index is 13.4. The number of nitrogens with zero attached hydrogens (tertiary/aromatic N) is 4. The average Bonchev–Trinajstić information content (AvgIpc) is 3.51. The molecule has 0 saturated carbocycles. The normalized spacial score (nSPS) is 12.0. The lowest BCUT2D eigenvalue weighted by molar-refractivity contribution is 0.262. The van der Waals surface area contributed by atoms with Crippen LogP contribution in [0.5, 0.6) is 5.75 Å². The highest BCUT2D eigenvalue weighted by Crippen LogP contribution is 2.32. The molecule has 0 radical (unpaired) electrons. The molecule has 1 unspecified atom stereocenters. The third kappa shape index (κ3) is 7.63. The molecule has 0 aliphatic rings. The summed E-state index contributed by atoms with van der Waals surface area (Å²) in [4.78, 5) is 22.5. The predicted molar refractivity (Wildman–Crippen MR) is 193 cm³/mol. The van der Waals surface area contributed by atoms with Crippen LogP contribution in [0.1, 0.15) is 56.3 Å². The van der Waals surface area contributed by atoms with Crippen LogP contribution in [0.2, 0.25) is 0 Å². The minimum absolute atomic E-state index is 0.0783. The third-order valence-corrected chi connectivity index (χ3v) is 8.10. The first-order chi connectivity index (χ1) is 23.1.